The highest BCUT2D eigenvalue weighted by atomic mass is 19.4. The van der Waals surface area contributed by atoms with E-state index in [4.69, 9.17) is 9.57 Å². The first-order valence-electron chi connectivity index (χ1n) is 9.82. The highest BCUT2D eigenvalue weighted by Gasteiger charge is 2.33. The van der Waals surface area contributed by atoms with E-state index in [1.54, 1.807) is 6.92 Å². The van der Waals surface area contributed by atoms with Gasteiger partial charge in [-0.15, -0.1) is 0 Å². The summed E-state index contributed by atoms with van der Waals surface area (Å²) in [5.74, 6) is -1.28. The zero-order valence-corrected chi connectivity index (χ0v) is 18.1. The average molecular weight is 440 g/mol. The summed E-state index contributed by atoms with van der Waals surface area (Å²) in [5.41, 5.74) is -0.819. The number of esters is 1. The van der Waals surface area contributed by atoms with Crippen molar-refractivity contribution in [2.75, 3.05) is 13.7 Å². The van der Waals surface area contributed by atoms with Crippen LogP contribution in [0.25, 0.3) is 0 Å². The number of hydrogen-bond donors (Lipinski definition) is 1. The number of oxime groups is 1. The van der Waals surface area contributed by atoms with Crippen molar-refractivity contribution in [1.82, 2.24) is 5.32 Å². The lowest BCUT2D eigenvalue weighted by Gasteiger charge is -2.28. The van der Waals surface area contributed by atoms with Crippen molar-refractivity contribution in [2.24, 2.45) is 10.6 Å². The Hall–Kier alpha value is -2.84. The molecule has 9 heteroatoms. The van der Waals surface area contributed by atoms with E-state index in [1.165, 1.54) is 7.11 Å². The molecule has 1 N–H and O–H groups in total. The molecular formula is C22H27F3N2O4. The molecule has 1 aromatic carbocycles. The predicted molar refractivity (Wildman–Crippen MR) is 110 cm³/mol. The van der Waals surface area contributed by atoms with Gasteiger partial charge in [-0.3, -0.25) is 4.79 Å². The Morgan fingerprint density at radius 1 is 1.29 bits per heavy atom. The fraction of sp³-hybridized carbons (Fsp3) is 0.500. The summed E-state index contributed by atoms with van der Waals surface area (Å²) in [6.07, 6.45) is -4.39. The van der Waals surface area contributed by atoms with Crippen LogP contribution in [0.3, 0.4) is 0 Å². The molecule has 31 heavy (non-hydrogen) atoms. The maximum Gasteiger partial charge on any atom is 0.416 e. The molecule has 0 aliphatic carbocycles. The number of hydrogen-bond acceptors (Lipinski definition) is 5. The number of fused-ring (bicyclic) bond motifs is 1. The molecule has 0 spiro atoms. The molecule has 0 radical (unpaired) electrons. The zero-order valence-electron chi connectivity index (χ0n) is 18.1. The number of alkyl halides is 3. The molecule has 1 amide bonds. The van der Waals surface area contributed by atoms with Crippen LogP contribution in [-0.4, -0.2) is 37.3 Å². The summed E-state index contributed by atoms with van der Waals surface area (Å²) in [6.45, 7) is 9.28. The third kappa shape index (κ3) is 6.32. The maximum absolute atomic E-state index is 13.2. The summed E-state index contributed by atoms with van der Waals surface area (Å²) >= 11 is 0. The summed E-state index contributed by atoms with van der Waals surface area (Å²) < 4.78 is 45.0. The Morgan fingerprint density at radius 3 is 2.58 bits per heavy atom. The van der Waals surface area contributed by atoms with E-state index in [0.29, 0.717) is 18.6 Å². The molecule has 0 bridgehead atoms. The summed E-state index contributed by atoms with van der Waals surface area (Å²) in [6, 6.07) is 2.82. The molecule has 6 nitrogen and oxygen atoms in total. The second-order valence-electron chi connectivity index (χ2n) is 8.19. The average Bonchev–Trinajstić information content (AvgIpc) is 2.67. The first-order chi connectivity index (χ1) is 14.3. The summed E-state index contributed by atoms with van der Waals surface area (Å²) in [5, 5.41) is 6.83. The Morgan fingerprint density at radius 2 is 1.97 bits per heavy atom. The van der Waals surface area contributed by atoms with E-state index < -0.39 is 35.1 Å². The van der Waals surface area contributed by atoms with Crippen molar-refractivity contribution >= 4 is 17.6 Å². The van der Waals surface area contributed by atoms with Crippen molar-refractivity contribution in [1.29, 1.82) is 0 Å². The van der Waals surface area contributed by atoms with Crippen LogP contribution in [0.15, 0.2) is 35.5 Å². The third-order valence-electron chi connectivity index (χ3n) is 5.14. The van der Waals surface area contributed by atoms with Gasteiger partial charge in [0.2, 0.25) is 0 Å². The molecule has 0 aromatic heterocycles. The van der Waals surface area contributed by atoms with Crippen LogP contribution >= 0.6 is 0 Å². The van der Waals surface area contributed by atoms with Crippen molar-refractivity contribution in [3.8, 4) is 0 Å². The predicted octanol–water partition coefficient (Wildman–Crippen LogP) is 4.29. The Kier molecular flexibility index (Phi) is 7.51. The molecule has 0 saturated carbocycles. The standard InChI is InChI=1S/C22H27F3N2O4/c1-13-10-15-11-16(22(23,24)25)7-8-17(15)19(28)26-12-21(3,4)18(27-30-5)9-6-14(2)31-20(13)29/h7-8,11,14H,1,6,9-10,12H2,2-5H3,(H,26,28)/b27-18+. The maximum atomic E-state index is 13.2. The van der Waals surface area contributed by atoms with Gasteiger partial charge in [-0.2, -0.15) is 13.2 Å². The number of cyclic esters (lactones) is 1. The molecule has 1 unspecified atom stereocenters. The van der Waals surface area contributed by atoms with Gasteiger partial charge in [0.05, 0.1) is 17.4 Å². The van der Waals surface area contributed by atoms with E-state index in [0.717, 1.165) is 18.2 Å². The highest BCUT2D eigenvalue weighted by Crippen LogP contribution is 2.31. The lowest BCUT2D eigenvalue weighted by Crippen LogP contribution is -2.40. The van der Waals surface area contributed by atoms with Crippen molar-refractivity contribution in [3.05, 3.63) is 47.0 Å². The first kappa shape index (κ1) is 24.4. The van der Waals surface area contributed by atoms with E-state index in [9.17, 15) is 22.8 Å². The lowest BCUT2D eigenvalue weighted by molar-refractivity contribution is -0.143. The topological polar surface area (TPSA) is 77.0 Å². The molecule has 170 valence electrons. The van der Waals surface area contributed by atoms with Crippen LogP contribution in [-0.2, 0) is 27.0 Å². The zero-order chi connectivity index (χ0) is 23.4. The summed E-state index contributed by atoms with van der Waals surface area (Å²) in [4.78, 5) is 30.2. The van der Waals surface area contributed by atoms with Gasteiger partial charge in [0, 0.05) is 29.5 Å². The minimum Gasteiger partial charge on any atom is -0.459 e. The Labute approximate surface area is 179 Å². The largest absolute Gasteiger partial charge is 0.459 e. The van der Waals surface area contributed by atoms with Gasteiger partial charge < -0.3 is 14.9 Å². The Balaban J connectivity index is 2.49. The minimum absolute atomic E-state index is 0.0353. The highest BCUT2D eigenvalue weighted by molar-refractivity contribution is 5.97. The van der Waals surface area contributed by atoms with E-state index in [-0.39, 0.29) is 29.7 Å². The second-order valence-corrected chi connectivity index (χ2v) is 8.19. The first-order valence-corrected chi connectivity index (χ1v) is 9.82. The smallest absolute Gasteiger partial charge is 0.416 e. The molecule has 1 heterocycles. The molecule has 2 rings (SSSR count). The number of benzene rings is 1. The van der Waals surface area contributed by atoms with Crippen LogP contribution in [0.2, 0.25) is 0 Å². The minimum atomic E-state index is -4.59. The lowest BCUT2D eigenvalue weighted by atomic mass is 9.84. The number of halogens is 3. The molecule has 1 aliphatic heterocycles. The third-order valence-corrected chi connectivity index (χ3v) is 5.14. The number of nitrogens with one attached hydrogen (secondary N) is 1. The van der Waals surface area contributed by atoms with Gasteiger partial charge in [0.25, 0.3) is 5.91 Å². The van der Waals surface area contributed by atoms with Gasteiger partial charge in [-0.25, -0.2) is 4.79 Å². The SMILES string of the molecule is C=C1Cc2cc(C(F)(F)F)ccc2C(=O)NCC(C)(C)/C(=N/OC)CCC(C)OC1=O. The number of rotatable bonds is 1. The van der Waals surface area contributed by atoms with Gasteiger partial charge in [-0.1, -0.05) is 25.6 Å². The molecule has 0 saturated heterocycles. The van der Waals surface area contributed by atoms with Crippen LogP contribution in [0.5, 0.6) is 0 Å². The van der Waals surface area contributed by atoms with Crippen LogP contribution in [0, 0.1) is 5.41 Å². The van der Waals surface area contributed by atoms with Crippen LogP contribution in [0.4, 0.5) is 13.2 Å². The van der Waals surface area contributed by atoms with Crippen LogP contribution < -0.4 is 5.32 Å². The fourth-order valence-corrected chi connectivity index (χ4v) is 3.22. The molecule has 1 aromatic rings. The summed E-state index contributed by atoms with van der Waals surface area (Å²) in [7, 11) is 1.41. The van der Waals surface area contributed by atoms with E-state index in [2.05, 4.69) is 17.1 Å². The van der Waals surface area contributed by atoms with Gasteiger partial charge in [0.15, 0.2) is 0 Å². The van der Waals surface area contributed by atoms with Crippen molar-refractivity contribution < 1.29 is 32.3 Å². The quantitative estimate of drug-likeness (QED) is 0.402. The van der Waals surface area contributed by atoms with E-state index >= 15 is 0 Å². The number of carbonyl (C=O) groups excluding carboxylic acids is 2. The van der Waals surface area contributed by atoms with Gasteiger partial charge in [-0.05, 0) is 43.5 Å². The second kappa shape index (κ2) is 9.53. The fourth-order valence-electron chi connectivity index (χ4n) is 3.22. The number of amides is 1. The molecule has 1 atom stereocenters. The number of carbonyl (C=O) groups is 2. The molecular weight excluding hydrogens is 413 g/mol. The normalized spacial score (nSPS) is 22.2. The van der Waals surface area contributed by atoms with Gasteiger partial charge in [0.1, 0.15) is 7.11 Å². The van der Waals surface area contributed by atoms with Crippen molar-refractivity contribution in [3.63, 3.8) is 0 Å². The van der Waals surface area contributed by atoms with Crippen molar-refractivity contribution in [2.45, 2.75) is 52.3 Å². The monoisotopic (exact) mass is 440 g/mol. The van der Waals surface area contributed by atoms with Crippen LogP contribution in [0.1, 0.15) is 55.1 Å². The van der Waals surface area contributed by atoms with E-state index in [1.807, 2.05) is 13.8 Å². The Bertz CT molecular complexity index is 891. The molecule has 0 fully saturated rings. The van der Waals surface area contributed by atoms with Gasteiger partial charge >= 0.3 is 12.1 Å². The number of ether oxygens (including phenoxy) is 1. The number of nitrogens with zero attached hydrogens (tertiary/aromatic N) is 1. The molecule has 1 aliphatic rings.